The Kier molecular flexibility index (Phi) is 3.82. The third kappa shape index (κ3) is 3.12. The number of benzene rings is 2. The molecule has 5 nitrogen and oxygen atoms in total. The molecular weight excluding hydrogens is 293 g/mol. The number of nitrogens with zero attached hydrogens (tertiary/aromatic N) is 1. The molecule has 2 rings (SSSR count). The van der Waals surface area contributed by atoms with Gasteiger partial charge in [0.05, 0.1) is 27.9 Å². The van der Waals surface area contributed by atoms with Crippen molar-refractivity contribution in [1.82, 2.24) is 0 Å². The molecule has 0 fully saturated rings. The quantitative estimate of drug-likeness (QED) is 0.851. The third-order valence-corrected chi connectivity index (χ3v) is 4.38. The number of nitriles is 1. The second-order valence-corrected chi connectivity index (χ2v) is 6.08. The summed E-state index contributed by atoms with van der Waals surface area (Å²) in [7, 11) is -3.84. The summed E-state index contributed by atoms with van der Waals surface area (Å²) >= 11 is 0. The Morgan fingerprint density at radius 1 is 1.24 bits per heavy atom. The highest BCUT2D eigenvalue weighted by Gasteiger charge is 2.17. The number of nitrogens with one attached hydrogen (secondary N) is 1. The van der Waals surface area contributed by atoms with Crippen molar-refractivity contribution in [2.24, 2.45) is 0 Å². The molecule has 3 N–H and O–H groups in total. The van der Waals surface area contributed by atoms with Gasteiger partial charge in [0.25, 0.3) is 10.0 Å². The van der Waals surface area contributed by atoms with E-state index in [-0.39, 0.29) is 16.3 Å². The van der Waals surface area contributed by atoms with Crippen molar-refractivity contribution in [1.29, 1.82) is 5.26 Å². The van der Waals surface area contributed by atoms with Gasteiger partial charge in [0.1, 0.15) is 5.82 Å². The number of nitrogen functional groups attached to an aromatic ring is 1. The summed E-state index contributed by atoms with van der Waals surface area (Å²) < 4.78 is 40.0. The molecule has 108 valence electrons. The van der Waals surface area contributed by atoms with Gasteiger partial charge >= 0.3 is 0 Å². The van der Waals surface area contributed by atoms with Crippen molar-refractivity contribution in [2.45, 2.75) is 11.8 Å². The molecular formula is C14H12FN3O2S. The Morgan fingerprint density at radius 2 is 1.95 bits per heavy atom. The molecule has 0 saturated heterocycles. The third-order valence-electron chi connectivity index (χ3n) is 2.84. The molecule has 2 aromatic rings. The summed E-state index contributed by atoms with van der Waals surface area (Å²) in [6, 6.07) is 9.75. The van der Waals surface area contributed by atoms with Crippen molar-refractivity contribution in [3.05, 3.63) is 53.3 Å². The molecule has 2 aromatic carbocycles. The van der Waals surface area contributed by atoms with Gasteiger partial charge < -0.3 is 5.73 Å². The molecule has 0 radical (unpaired) electrons. The average molecular weight is 305 g/mol. The van der Waals surface area contributed by atoms with Gasteiger partial charge in [-0.05, 0) is 48.9 Å². The SMILES string of the molecule is Cc1cc(C#N)ccc1S(=O)(=O)Nc1ccc(F)c(N)c1. The molecule has 0 heterocycles. The minimum absolute atomic E-state index is 0.0457. The minimum atomic E-state index is -3.84. The van der Waals surface area contributed by atoms with E-state index in [1.54, 1.807) is 6.92 Å². The molecule has 7 heteroatoms. The monoisotopic (exact) mass is 305 g/mol. The normalized spacial score (nSPS) is 10.9. The highest BCUT2D eigenvalue weighted by atomic mass is 32.2. The van der Waals surface area contributed by atoms with Crippen molar-refractivity contribution in [3.63, 3.8) is 0 Å². The van der Waals surface area contributed by atoms with Gasteiger partial charge in [0.15, 0.2) is 0 Å². The van der Waals surface area contributed by atoms with E-state index in [4.69, 9.17) is 11.0 Å². The maximum Gasteiger partial charge on any atom is 0.262 e. The number of rotatable bonds is 3. The fraction of sp³-hybridized carbons (Fsp3) is 0.0714. The van der Waals surface area contributed by atoms with Gasteiger partial charge in [-0.15, -0.1) is 0 Å². The number of hydrogen-bond donors (Lipinski definition) is 2. The van der Waals surface area contributed by atoms with E-state index in [0.29, 0.717) is 11.1 Å². The predicted molar refractivity (Wildman–Crippen MR) is 77.5 cm³/mol. The van der Waals surface area contributed by atoms with E-state index in [1.807, 2.05) is 6.07 Å². The van der Waals surface area contributed by atoms with Crippen LogP contribution in [0.3, 0.4) is 0 Å². The molecule has 0 saturated carbocycles. The van der Waals surface area contributed by atoms with Crippen LogP contribution in [0.4, 0.5) is 15.8 Å². The van der Waals surface area contributed by atoms with Crippen LogP contribution < -0.4 is 10.5 Å². The van der Waals surface area contributed by atoms with Crippen LogP contribution in [0.25, 0.3) is 0 Å². The number of anilines is 2. The molecule has 0 spiro atoms. The van der Waals surface area contributed by atoms with E-state index in [0.717, 1.165) is 6.07 Å². The molecule has 0 bridgehead atoms. The van der Waals surface area contributed by atoms with Gasteiger partial charge in [0, 0.05) is 0 Å². The number of aryl methyl sites for hydroxylation is 1. The van der Waals surface area contributed by atoms with Crippen molar-refractivity contribution >= 4 is 21.4 Å². The highest BCUT2D eigenvalue weighted by Crippen LogP contribution is 2.22. The summed E-state index contributed by atoms with van der Waals surface area (Å²) in [6.07, 6.45) is 0. The van der Waals surface area contributed by atoms with Gasteiger partial charge in [-0.25, -0.2) is 12.8 Å². The molecule has 0 aliphatic rings. The van der Waals surface area contributed by atoms with Crippen LogP contribution in [0, 0.1) is 24.1 Å². The van der Waals surface area contributed by atoms with Crippen molar-refractivity contribution < 1.29 is 12.8 Å². The Morgan fingerprint density at radius 3 is 2.52 bits per heavy atom. The topological polar surface area (TPSA) is 96.0 Å². The standard InChI is InChI=1S/C14H12FN3O2S/c1-9-6-10(8-16)2-5-14(9)21(19,20)18-11-3-4-12(15)13(17)7-11/h2-7,18H,17H2,1H3. The van der Waals surface area contributed by atoms with Gasteiger partial charge in [0.2, 0.25) is 0 Å². The van der Waals surface area contributed by atoms with E-state index < -0.39 is 15.8 Å². The first-order valence-corrected chi connectivity index (χ1v) is 7.40. The number of hydrogen-bond acceptors (Lipinski definition) is 4. The van der Waals surface area contributed by atoms with Crippen LogP contribution >= 0.6 is 0 Å². The van der Waals surface area contributed by atoms with Crippen LogP contribution in [-0.2, 0) is 10.0 Å². The zero-order valence-corrected chi connectivity index (χ0v) is 11.9. The molecule has 0 atom stereocenters. The molecule has 0 aliphatic heterocycles. The Labute approximate surface area is 121 Å². The number of nitrogens with two attached hydrogens (primary N) is 1. The number of sulfonamides is 1. The molecule has 0 amide bonds. The van der Waals surface area contributed by atoms with Crippen LogP contribution in [0.5, 0.6) is 0 Å². The lowest BCUT2D eigenvalue weighted by atomic mass is 10.2. The minimum Gasteiger partial charge on any atom is -0.396 e. The first kappa shape index (κ1) is 14.8. The van der Waals surface area contributed by atoms with E-state index in [1.165, 1.54) is 30.3 Å². The summed E-state index contributed by atoms with van der Waals surface area (Å²) in [6.45, 7) is 1.59. The van der Waals surface area contributed by atoms with Crippen LogP contribution in [0.15, 0.2) is 41.3 Å². The molecule has 0 aromatic heterocycles. The molecule has 21 heavy (non-hydrogen) atoms. The fourth-order valence-corrected chi connectivity index (χ4v) is 3.12. The summed E-state index contributed by atoms with van der Waals surface area (Å²) in [5.74, 6) is -0.618. The fourth-order valence-electron chi connectivity index (χ4n) is 1.84. The zero-order chi connectivity index (χ0) is 15.6. The lowest BCUT2D eigenvalue weighted by Gasteiger charge is -2.11. The first-order valence-electron chi connectivity index (χ1n) is 5.92. The smallest absolute Gasteiger partial charge is 0.262 e. The average Bonchev–Trinajstić information content (AvgIpc) is 2.42. The van der Waals surface area contributed by atoms with Crippen LogP contribution in [0.2, 0.25) is 0 Å². The van der Waals surface area contributed by atoms with Gasteiger partial charge in [-0.2, -0.15) is 5.26 Å². The summed E-state index contributed by atoms with van der Waals surface area (Å²) in [4.78, 5) is 0.0457. The second kappa shape index (κ2) is 5.42. The van der Waals surface area contributed by atoms with E-state index in [9.17, 15) is 12.8 Å². The van der Waals surface area contributed by atoms with Crippen LogP contribution in [0.1, 0.15) is 11.1 Å². The Balaban J connectivity index is 2.38. The lowest BCUT2D eigenvalue weighted by molar-refractivity contribution is 0.600. The zero-order valence-electron chi connectivity index (χ0n) is 11.1. The van der Waals surface area contributed by atoms with E-state index >= 15 is 0 Å². The number of halogens is 1. The van der Waals surface area contributed by atoms with Gasteiger partial charge in [-0.1, -0.05) is 0 Å². The second-order valence-electron chi connectivity index (χ2n) is 4.43. The Hall–Kier alpha value is -2.59. The maximum absolute atomic E-state index is 13.1. The van der Waals surface area contributed by atoms with Crippen LogP contribution in [-0.4, -0.2) is 8.42 Å². The van der Waals surface area contributed by atoms with Crippen molar-refractivity contribution in [3.8, 4) is 6.07 Å². The molecule has 0 unspecified atom stereocenters. The van der Waals surface area contributed by atoms with E-state index in [2.05, 4.69) is 4.72 Å². The lowest BCUT2D eigenvalue weighted by Crippen LogP contribution is -2.14. The highest BCUT2D eigenvalue weighted by molar-refractivity contribution is 7.92. The van der Waals surface area contributed by atoms with Gasteiger partial charge in [-0.3, -0.25) is 4.72 Å². The largest absolute Gasteiger partial charge is 0.396 e. The summed E-state index contributed by atoms with van der Waals surface area (Å²) in [5.41, 5.74) is 6.23. The van der Waals surface area contributed by atoms with Crippen molar-refractivity contribution in [2.75, 3.05) is 10.5 Å². The summed E-state index contributed by atoms with van der Waals surface area (Å²) in [5, 5.41) is 8.78. The Bertz CT molecular complexity index is 842. The first-order chi connectivity index (χ1) is 9.83. The predicted octanol–water partition coefficient (Wildman–Crippen LogP) is 2.39. The molecule has 0 aliphatic carbocycles. The maximum atomic E-state index is 13.1.